The predicted octanol–water partition coefficient (Wildman–Crippen LogP) is 5.79. The molecule has 25 heavy (non-hydrogen) atoms. The zero-order chi connectivity index (χ0) is 17.8. The molecule has 1 aromatic rings. The van der Waals surface area contributed by atoms with Crippen LogP contribution in [0.15, 0.2) is 60.7 Å². The Balaban J connectivity index is 1.90. The van der Waals surface area contributed by atoms with Gasteiger partial charge >= 0.3 is 0 Å². The molecule has 1 aromatic carbocycles. The maximum atomic E-state index is 6.62. The minimum absolute atomic E-state index is 0.0479. The molecule has 0 amide bonds. The summed E-state index contributed by atoms with van der Waals surface area (Å²) in [7, 11) is 0. The van der Waals surface area contributed by atoms with Crippen molar-refractivity contribution in [3.05, 3.63) is 66.3 Å². The Bertz CT molecular complexity index is 654. The molecule has 0 spiro atoms. The first-order chi connectivity index (χ1) is 12.1. The topological polar surface area (TPSA) is 12.5 Å². The van der Waals surface area contributed by atoms with Crippen molar-refractivity contribution in [1.82, 2.24) is 0 Å². The SMILES string of the molecule is C=C(/C=C\C=C/C)C1OC(C2CCCC2)N(c2ccccc2C)[C@H]1C. The van der Waals surface area contributed by atoms with Gasteiger partial charge in [-0.3, -0.25) is 0 Å². The van der Waals surface area contributed by atoms with Gasteiger partial charge in [-0.05, 0) is 50.8 Å². The molecule has 0 bridgehead atoms. The van der Waals surface area contributed by atoms with Gasteiger partial charge in [-0.2, -0.15) is 0 Å². The van der Waals surface area contributed by atoms with Gasteiger partial charge in [0, 0.05) is 11.6 Å². The van der Waals surface area contributed by atoms with Crippen molar-refractivity contribution in [2.24, 2.45) is 5.92 Å². The Kier molecular flexibility index (Phi) is 5.80. The molecular weight excluding hydrogens is 306 g/mol. The number of aryl methyl sites for hydroxylation is 1. The molecule has 2 unspecified atom stereocenters. The molecule has 1 aliphatic carbocycles. The highest BCUT2D eigenvalue weighted by Gasteiger charge is 2.44. The molecular formula is C23H31NO. The molecule has 0 aromatic heterocycles. The Morgan fingerprint density at radius 3 is 2.60 bits per heavy atom. The van der Waals surface area contributed by atoms with E-state index in [-0.39, 0.29) is 18.4 Å². The highest BCUT2D eigenvalue weighted by molar-refractivity contribution is 5.56. The highest BCUT2D eigenvalue weighted by atomic mass is 16.5. The fourth-order valence-corrected chi connectivity index (χ4v) is 4.28. The van der Waals surface area contributed by atoms with E-state index in [1.807, 2.05) is 19.1 Å². The van der Waals surface area contributed by atoms with Crippen molar-refractivity contribution in [3.63, 3.8) is 0 Å². The second kappa shape index (κ2) is 8.05. The number of anilines is 1. The largest absolute Gasteiger partial charge is 0.348 e. The van der Waals surface area contributed by atoms with Crippen LogP contribution >= 0.6 is 0 Å². The van der Waals surface area contributed by atoms with Gasteiger partial charge in [-0.15, -0.1) is 0 Å². The summed E-state index contributed by atoms with van der Waals surface area (Å²) in [4.78, 5) is 2.52. The predicted molar refractivity (Wildman–Crippen MR) is 107 cm³/mol. The summed E-state index contributed by atoms with van der Waals surface area (Å²) in [5.41, 5.74) is 3.68. The maximum Gasteiger partial charge on any atom is 0.134 e. The van der Waals surface area contributed by atoms with Crippen LogP contribution in [0, 0.1) is 12.8 Å². The molecule has 2 aliphatic rings. The lowest BCUT2D eigenvalue weighted by atomic mass is 10.0. The monoisotopic (exact) mass is 337 g/mol. The number of hydrogen-bond donors (Lipinski definition) is 0. The number of allylic oxidation sites excluding steroid dienone is 3. The molecule has 3 rings (SSSR count). The van der Waals surface area contributed by atoms with Crippen molar-refractivity contribution in [1.29, 1.82) is 0 Å². The third-order valence-corrected chi connectivity index (χ3v) is 5.61. The molecule has 1 heterocycles. The van der Waals surface area contributed by atoms with Crippen molar-refractivity contribution in [3.8, 4) is 0 Å². The molecule has 1 saturated carbocycles. The van der Waals surface area contributed by atoms with E-state index in [4.69, 9.17) is 4.74 Å². The summed E-state index contributed by atoms with van der Waals surface area (Å²) < 4.78 is 6.62. The Morgan fingerprint density at radius 1 is 1.20 bits per heavy atom. The summed E-state index contributed by atoms with van der Waals surface area (Å²) in [5, 5.41) is 0. The van der Waals surface area contributed by atoms with Crippen molar-refractivity contribution >= 4 is 5.69 Å². The van der Waals surface area contributed by atoms with Crippen LogP contribution in [-0.4, -0.2) is 18.4 Å². The Labute approximate surface area is 152 Å². The molecule has 0 radical (unpaired) electrons. The summed E-state index contributed by atoms with van der Waals surface area (Å²) >= 11 is 0. The average molecular weight is 338 g/mol. The third-order valence-electron chi connectivity index (χ3n) is 5.61. The van der Waals surface area contributed by atoms with E-state index in [0.29, 0.717) is 5.92 Å². The van der Waals surface area contributed by atoms with Gasteiger partial charge in [0.15, 0.2) is 0 Å². The highest BCUT2D eigenvalue weighted by Crippen LogP contribution is 2.41. The van der Waals surface area contributed by atoms with E-state index in [9.17, 15) is 0 Å². The Morgan fingerprint density at radius 2 is 1.92 bits per heavy atom. The molecule has 134 valence electrons. The third kappa shape index (κ3) is 3.74. The number of ether oxygens (including phenoxy) is 1. The summed E-state index contributed by atoms with van der Waals surface area (Å²) in [5.74, 6) is 0.624. The van der Waals surface area contributed by atoms with E-state index in [0.717, 1.165) is 5.57 Å². The van der Waals surface area contributed by atoms with E-state index in [2.05, 4.69) is 61.7 Å². The standard InChI is InChI=1S/C23H31NO/c1-5-6-7-13-18(3)22-19(4)24(21-16-11-8-12-17(21)2)23(25-22)20-14-9-10-15-20/h5-8,11-13,16,19-20,22-23H,3,9-10,14-15H2,1-2,4H3/b6-5-,13-7-/t19-,22?,23?/m0/s1. The zero-order valence-corrected chi connectivity index (χ0v) is 15.8. The van der Waals surface area contributed by atoms with Crippen LogP contribution in [0.5, 0.6) is 0 Å². The first-order valence-corrected chi connectivity index (χ1v) is 9.61. The quantitative estimate of drug-likeness (QED) is 0.630. The maximum absolute atomic E-state index is 6.62. The number of para-hydroxylation sites is 1. The van der Waals surface area contributed by atoms with Crippen LogP contribution in [0.25, 0.3) is 0 Å². The zero-order valence-electron chi connectivity index (χ0n) is 15.8. The molecule has 2 fully saturated rings. The van der Waals surface area contributed by atoms with E-state index in [1.165, 1.54) is 36.9 Å². The normalized spacial score (nSPS) is 27.8. The van der Waals surface area contributed by atoms with Gasteiger partial charge in [0.25, 0.3) is 0 Å². The number of nitrogens with zero attached hydrogens (tertiary/aromatic N) is 1. The van der Waals surface area contributed by atoms with Crippen LogP contribution in [0.4, 0.5) is 5.69 Å². The fraction of sp³-hybridized carbons (Fsp3) is 0.478. The first kappa shape index (κ1) is 18.0. The second-order valence-electron chi connectivity index (χ2n) is 7.39. The van der Waals surface area contributed by atoms with Gasteiger partial charge < -0.3 is 9.64 Å². The average Bonchev–Trinajstić information content (AvgIpc) is 3.23. The molecule has 1 saturated heterocycles. The fourth-order valence-electron chi connectivity index (χ4n) is 4.28. The lowest BCUT2D eigenvalue weighted by Gasteiger charge is -2.33. The molecule has 0 N–H and O–H groups in total. The lowest BCUT2D eigenvalue weighted by molar-refractivity contribution is 0.0294. The van der Waals surface area contributed by atoms with E-state index >= 15 is 0 Å². The van der Waals surface area contributed by atoms with Gasteiger partial charge in [-0.25, -0.2) is 0 Å². The minimum atomic E-state index is 0.0479. The molecule has 2 heteroatoms. The van der Waals surface area contributed by atoms with Crippen LogP contribution in [-0.2, 0) is 4.74 Å². The van der Waals surface area contributed by atoms with E-state index in [1.54, 1.807) is 0 Å². The van der Waals surface area contributed by atoms with E-state index < -0.39 is 0 Å². The Hall–Kier alpha value is -1.80. The molecule has 1 aliphatic heterocycles. The minimum Gasteiger partial charge on any atom is -0.348 e. The number of benzene rings is 1. The van der Waals surface area contributed by atoms with Gasteiger partial charge in [0.05, 0.1) is 6.04 Å². The summed E-state index contributed by atoms with van der Waals surface area (Å²) in [6.07, 6.45) is 13.6. The van der Waals surface area contributed by atoms with Crippen molar-refractivity contribution < 1.29 is 4.74 Å². The lowest BCUT2D eigenvalue weighted by Crippen LogP contribution is -2.40. The van der Waals surface area contributed by atoms with Crippen LogP contribution < -0.4 is 4.90 Å². The van der Waals surface area contributed by atoms with Gasteiger partial charge in [-0.1, -0.05) is 61.9 Å². The summed E-state index contributed by atoms with van der Waals surface area (Å²) in [6, 6.07) is 8.96. The molecule has 2 nitrogen and oxygen atoms in total. The van der Waals surface area contributed by atoms with Gasteiger partial charge in [0.2, 0.25) is 0 Å². The molecule has 3 atom stereocenters. The van der Waals surface area contributed by atoms with Gasteiger partial charge in [0.1, 0.15) is 12.3 Å². The number of rotatable bonds is 5. The van der Waals surface area contributed by atoms with Crippen molar-refractivity contribution in [2.45, 2.75) is 64.8 Å². The van der Waals surface area contributed by atoms with Crippen LogP contribution in [0.1, 0.15) is 45.1 Å². The van der Waals surface area contributed by atoms with Crippen LogP contribution in [0.3, 0.4) is 0 Å². The first-order valence-electron chi connectivity index (χ1n) is 9.61. The van der Waals surface area contributed by atoms with Crippen LogP contribution in [0.2, 0.25) is 0 Å². The number of hydrogen-bond acceptors (Lipinski definition) is 2. The van der Waals surface area contributed by atoms with Crippen molar-refractivity contribution in [2.75, 3.05) is 4.90 Å². The smallest absolute Gasteiger partial charge is 0.134 e. The summed E-state index contributed by atoms with van der Waals surface area (Å²) in [6.45, 7) is 10.8. The second-order valence-corrected chi connectivity index (χ2v) is 7.39.